The molecule has 0 saturated carbocycles. The number of carbonyl (C=O) groups is 1. The number of benzene rings is 2. The predicted molar refractivity (Wildman–Crippen MR) is 101 cm³/mol. The van der Waals surface area contributed by atoms with E-state index in [1.807, 2.05) is 36.4 Å². The van der Waals surface area contributed by atoms with Crippen LogP contribution < -0.4 is 15.0 Å². The first-order valence-corrected chi connectivity index (χ1v) is 9.04. The molecule has 1 unspecified atom stereocenters. The minimum atomic E-state index is -0.215. The smallest absolute Gasteiger partial charge is 0.220 e. The summed E-state index contributed by atoms with van der Waals surface area (Å²) in [5.41, 5.74) is 2.14. The molecule has 1 aliphatic heterocycles. The number of nitrogens with one attached hydrogen (secondary N) is 1. The van der Waals surface area contributed by atoms with Gasteiger partial charge in [0.05, 0.1) is 7.11 Å². The largest absolute Gasteiger partial charge is 0.497 e. The predicted octanol–water partition coefficient (Wildman–Crippen LogP) is 3.41. The van der Waals surface area contributed by atoms with Crippen LogP contribution >= 0.6 is 0 Å². The Bertz CT molecular complexity index is 733. The Balaban J connectivity index is 1.40. The maximum absolute atomic E-state index is 13.0. The molecule has 0 spiro atoms. The fraction of sp³-hybridized carbons (Fsp3) is 0.381. The number of amides is 1. The zero-order valence-electron chi connectivity index (χ0n) is 15.1. The summed E-state index contributed by atoms with van der Waals surface area (Å²) in [6.45, 7) is 2.52. The van der Waals surface area contributed by atoms with Crippen molar-refractivity contribution in [1.82, 2.24) is 5.32 Å². The van der Waals surface area contributed by atoms with Crippen LogP contribution in [0, 0.1) is 11.7 Å². The number of ether oxygens (including phenoxy) is 1. The van der Waals surface area contributed by atoms with E-state index in [0.29, 0.717) is 25.3 Å². The minimum absolute atomic E-state index is 0.0769. The summed E-state index contributed by atoms with van der Waals surface area (Å²) in [6, 6.07) is 14.4. The van der Waals surface area contributed by atoms with Gasteiger partial charge < -0.3 is 15.0 Å². The van der Waals surface area contributed by atoms with Crippen molar-refractivity contribution < 1.29 is 13.9 Å². The lowest BCUT2D eigenvalue weighted by molar-refractivity contribution is -0.121. The molecule has 3 rings (SSSR count). The lowest BCUT2D eigenvalue weighted by atomic mass is 10.1. The molecule has 0 bridgehead atoms. The Morgan fingerprint density at radius 1 is 1.27 bits per heavy atom. The van der Waals surface area contributed by atoms with E-state index < -0.39 is 0 Å². The molecule has 1 N–H and O–H groups in total. The first-order valence-electron chi connectivity index (χ1n) is 9.04. The lowest BCUT2D eigenvalue weighted by Crippen LogP contribution is -2.31. The molecule has 1 atom stereocenters. The fourth-order valence-corrected chi connectivity index (χ4v) is 3.32. The summed E-state index contributed by atoms with van der Waals surface area (Å²) in [7, 11) is 1.64. The van der Waals surface area contributed by atoms with Gasteiger partial charge in [-0.1, -0.05) is 12.1 Å². The van der Waals surface area contributed by atoms with Gasteiger partial charge in [-0.15, -0.1) is 0 Å². The molecule has 0 aromatic heterocycles. The van der Waals surface area contributed by atoms with Crippen LogP contribution in [0.1, 0.15) is 18.4 Å². The summed E-state index contributed by atoms with van der Waals surface area (Å²) in [5.74, 6) is 1.11. The Morgan fingerprint density at radius 2 is 2.08 bits per heavy atom. The van der Waals surface area contributed by atoms with Gasteiger partial charge in [-0.2, -0.15) is 0 Å². The van der Waals surface area contributed by atoms with Gasteiger partial charge in [0.1, 0.15) is 11.6 Å². The van der Waals surface area contributed by atoms with Crippen molar-refractivity contribution >= 4 is 11.6 Å². The average molecular weight is 356 g/mol. The van der Waals surface area contributed by atoms with Gasteiger partial charge in [-0.25, -0.2) is 4.39 Å². The van der Waals surface area contributed by atoms with Gasteiger partial charge >= 0.3 is 0 Å². The minimum Gasteiger partial charge on any atom is -0.497 e. The first-order chi connectivity index (χ1) is 12.6. The van der Waals surface area contributed by atoms with Crippen LogP contribution in [-0.4, -0.2) is 32.7 Å². The molecule has 0 aliphatic carbocycles. The number of aryl methyl sites for hydroxylation is 1. The van der Waals surface area contributed by atoms with Gasteiger partial charge in [0, 0.05) is 31.7 Å². The second-order valence-corrected chi connectivity index (χ2v) is 6.73. The third-order valence-corrected chi connectivity index (χ3v) is 4.84. The standard InChI is InChI=1S/C21H25FN2O2/c1-26-20-4-2-3-16(13-20)5-10-21(25)23-14-17-11-12-24(15-17)19-8-6-18(22)7-9-19/h2-4,6-9,13,17H,5,10-12,14-15H2,1H3,(H,23,25). The summed E-state index contributed by atoms with van der Waals surface area (Å²) in [6.07, 6.45) is 2.21. The van der Waals surface area contributed by atoms with Crippen LogP contribution in [0.4, 0.5) is 10.1 Å². The number of hydrogen-bond donors (Lipinski definition) is 1. The van der Waals surface area contributed by atoms with Crippen molar-refractivity contribution in [2.24, 2.45) is 5.92 Å². The summed E-state index contributed by atoms with van der Waals surface area (Å²) in [4.78, 5) is 14.4. The average Bonchev–Trinajstić information content (AvgIpc) is 3.14. The monoisotopic (exact) mass is 356 g/mol. The van der Waals surface area contributed by atoms with Crippen molar-refractivity contribution in [1.29, 1.82) is 0 Å². The normalized spacial score (nSPS) is 16.5. The lowest BCUT2D eigenvalue weighted by Gasteiger charge is -2.18. The van der Waals surface area contributed by atoms with E-state index >= 15 is 0 Å². The van der Waals surface area contributed by atoms with Gasteiger partial charge in [0.2, 0.25) is 5.91 Å². The van der Waals surface area contributed by atoms with E-state index in [2.05, 4.69) is 10.2 Å². The highest BCUT2D eigenvalue weighted by molar-refractivity contribution is 5.76. The summed E-state index contributed by atoms with van der Waals surface area (Å²) >= 11 is 0. The van der Waals surface area contributed by atoms with Crippen LogP contribution in [0.2, 0.25) is 0 Å². The summed E-state index contributed by atoms with van der Waals surface area (Å²) in [5, 5.41) is 3.05. The Morgan fingerprint density at radius 3 is 2.85 bits per heavy atom. The zero-order chi connectivity index (χ0) is 18.4. The SMILES string of the molecule is COc1cccc(CCC(=O)NCC2CCN(c3ccc(F)cc3)C2)c1. The number of halogens is 1. The molecular weight excluding hydrogens is 331 g/mol. The van der Waals surface area contributed by atoms with Crippen LogP contribution in [0.5, 0.6) is 5.75 Å². The fourth-order valence-electron chi connectivity index (χ4n) is 3.32. The Labute approximate surface area is 154 Å². The highest BCUT2D eigenvalue weighted by Gasteiger charge is 2.23. The molecule has 1 fully saturated rings. The van der Waals surface area contributed by atoms with Crippen molar-refractivity contribution in [2.45, 2.75) is 19.3 Å². The highest BCUT2D eigenvalue weighted by Crippen LogP contribution is 2.23. The van der Waals surface area contributed by atoms with Crippen molar-refractivity contribution in [3.63, 3.8) is 0 Å². The second-order valence-electron chi connectivity index (χ2n) is 6.73. The number of methoxy groups -OCH3 is 1. The number of rotatable bonds is 7. The second kappa shape index (κ2) is 8.70. The topological polar surface area (TPSA) is 41.6 Å². The molecule has 26 heavy (non-hydrogen) atoms. The number of hydrogen-bond acceptors (Lipinski definition) is 3. The van der Waals surface area contributed by atoms with E-state index in [1.165, 1.54) is 12.1 Å². The van der Waals surface area contributed by atoms with Gasteiger partial charge in [0.25, 0.3) is 0 Å². The number of nitrogens with zero attached hydrogens (tertiary/aromatic N) is 1. The maximum atomic E-state index is 13.0. The van der Waals surface area contributed by atoms with Crippen LogP contribution in [-0.2, 0) is 11.2 Å². The van der Waals surface area contributed by atoms with E-state index in [1.54, 1.807) is 7.11 Å². The van der Waals surface area contributed by atoms with Gasteiger partial charge in [-0.3, -0.25) is 4.79 Å². The van der Waals surface area contributed by atoms with Gasteiger partial charge in [0.15, 0.2) is 0 Å². The molecule has 1 aliphatic rings. The highest BCUT2D eigenvalue weighted by atomic mass is 19.1. The van der Waals surface area contributed by atoms with E-state index in [0.717, 1.165) is 36.5 Å². The molecule has 2 aromatic rings. The maximum Gasteiger partial charge on any atom is 0.220 e. The number of anilines is 1. The molecule has 1 amide bonds. The molecular formula is C21H25FN2O2. The van der Waals surface area contributed by atoms with E-state index in [4.69, 9.17) is 4.74 Å². The molecule has 0 radical (unpaired) electrons. The van der Waals surface area contributed by atoms with Crippen molar-refractivity contribution in [2.75, 3.05) is 31.6 Å². The van der Waals surface area contributed by atoms with Crippen LogP contribution in [0.3, 0.4) is 0 Å². The Kier molecular flexibility index (Phi) is 6.10. The molecule has 2 aromatic carbocycles. The van der Waals surface area contributed by atoms with Gasteiger partial charge in [-0.05, 0) is 60.7 Å². The molecule has 1 heterocycles. The van der Waals surface area contributed by atoms with Crippen molar-refractivity contribution in [3.05, 3.63) is 59.9 Å². The van der Waals surface area contributed by atoms with Crippen LogP contribution in [0.25, 0.3) is 0 Å². The molecule has 5 heteroatoms. The van der Waals surface area contributed by atoms with E-state index in [-0.39, 0.29) is 11.7 Å². The first kappa shape index (κ1) is 18.2. The number of carbonyl (C=O) groups excluding carboxylic acids is 1. The molecule has 4 nitrogen and oxygen atoms in total. The Hall–Kier alpha value is -2.56. The van der Waals surface area contributed by atoms with Crippen LogP contribution in [0.15, 0.2) is 48.5 Å². The van der Waals surface area contributed by atoms with E-state index in [9.17, 15) is 9.18 Å². The molecule has 1 saturated heterocycles. The molecule has 138 valence electrons. The summed E-state index contributed by atoms with van der Waals surface area (Å²) < 4.78 is 18.2. The zero-order valence-corrected chi connectivity index (χ0v) is 15.1. The third kappa shape index (κ3) is 4.97. The quantitative estimate of drug-likeness (QED) is 0.827. The van der Waals surface area contributed by atoms with Crippen molar-refractivity contribution in [3.8, 4) is 5.75 Å². The third-order valence-electron chi connectivity index (χ3n) is 4.84.